The van der Waals surface area contributed by atoms with Crippen LogP contribution in [0.25, 0.3) is 0 Å². The maximum absolute atomic E-state index is 10.4. The van der Waals surface area contributed by atoms with Gasteiger partial charge in [-0.15, -0.1) is 0 Å². The van der Waals surface area contributed by atoms with Crippen molar-refractivity contribution in [3.05, 3.63) is 0 Å². The summed E-state index contributed by atoms with van der Waals surface area (Å²) in [5.41, 5.74) is 5.23. The lowest BCUT2D eigenvalue weighted by Gasteiger charge is -2.31. The lowest BCUT2D eigenvalue weighted by atomic mass is 9.83. The molecule has 1 saturated carbocycles. The Bertz CT molecular complexity index is 156. The third kappa shape index (κ3) is 2.23. The van der Waals surface area contributed by atoms with Gasteiger partial charge in [0.15, 0.2) is 0 Å². The summed E-state index contributed by atoms with van der Waals surface area (Å²) in [5, 5.41) is 10.4. The Morgan fingerprint density at radius 3 is 2.62 bits per heavy atom. The standard InChI is InChI=1S/C11H23NO/c1-3-9-5-6-11(13,7-9)10(4-2)8-12/h9-10,13H,3-8,12H2,1-2H3. The van der Waals surface area contributed by atoms with Crippen LogP contribution in [0, 0.1) is 11.8 Å². The number of nitrogens with two attached hydrogens (primary N) is 1. The zero-order valence-corrected chi connectivity index (χ0v) is 8.92. The molecule has 3 N–H and O–H groups in total. The maximum atomic E-state index is 10.4. The van der Waals surface area contributed by atoms with E-state index in [1.807, 2.05) is 0 Å². The fraction of sp³-hybridized carbons (Fsp3) is 1.00. The molecule has 1 aliphatic rings. The van der Waals surface area contributed by atoms with E-state index in [-0.39, 0.29) is 0 Å². The lowest BCUT2D eigenvalue weighted by Crippen LogP contribution is -2.39. The normalized spacial score (nSPS) is 36.5. The molecule has 2 nitrogen and oxygen atoms in total. The van der Waals surface area contributed by atoms with Gasteiger partial charge in [-0.3, -0.25) is 0 Å². The van der Waals surface area contributed by atoms with Crippen LogP contribution in [0.2, 0.25) is 0 Å². The van der Waals surface area contributed by atoms with E-state index in [1.54, 1.807) is 0 Å². The summed E-state index contributed by atoms with van der Waals surface area (Å²) in [5.74, 6) is 1.04. The van der Waals surface area contributed by atoms with E-state index in [2.05, 4.69) is 13.8 Å². The van der Waals surface area contributed by atoms with Gasteiger partial charge in [0, 0.05) is 0 Å². The second-order valence-corrected chi connectivity index (χ2v) is 4.46. The zero-order valence-electron chi connectivity index (χ0n) is 8.92. The minimum absolute atomic E-state index is 0.309. The quantitative estimate of drug-likeness (QED) is 0.703. The molecule has 0 spiro atoms. The summed E-state index contributed by atoms with van der Waals surface area (Å²) in [7, 11) is 0. The van der Waals surface area contributed by atoms with Gasteiger partial charge in [-0.2, -0.15) is 0 Å². The van der Waals surface area contributed by atoms with Crippen molar-refractivity contribution in [2.24, 2.45) is 17.6 Å². The zero-order chi connectivity index (χ0) is 9.90. The molecule has 0 aromatic heterocycles. The number of hydrogen-bond acceptors (Lipinski definition) is 2. The molecular formula is C11H23NO. The van der Waals surface area contributed by atoms with E-state index < -0.39 is 5.60 Å². The highest BCUT2D eigenvalue weighted by molar-refractivity contribution is 4.93. The largest absolute Gasteiger partial charge is 0.390 e. The highest BCUT2D eigenvalue weighted by atomic mass is 16.3. The maximum Gasteiger partial charge on any atom is 0.0690 e. The molecule has 2 heteroatoms. The van der Waals surface area contributed by atoms with Crippen LogP contribution < -0.4 is 5.73 Å². The van der Waals surface area contributed by atoms with Crippen LogP contribution in [-0.2, 0) is 0 Å². The van der Waals surface area contributed by atoms with Crippen LogP contribution in [0.4, 0.5) is 0 Å². The monoisotopic (exact) mass is 185 g/mol. The van der Waals surface area contributed by atoms with E-state index in [4.69, 9.17) is 5.73 Å². The van der Waals surface area contributed by atoms with Crippen LogP contribution in [-0.4, -0.2) is 17.3 Å². The van der Waals surface area contributed by atoms with Gasteiger partial charge in [0.25, 0.3) is 0 Å². The number of rotatable bonds is 4. The summed E-state index contributed by atoms with van der Waals surface area (Å²) in [6.07, 6.45) is 5.32. The molecule has 0 saturated heterocycles. The molecular weight excluding hydrogens is 162 g/mol. The number of aliphatic hydroxyl groups is 1. The van der Waals surface area contributed by atoms with Gasteiger partial charge >= 0.3 is 0 Å². The van der Waals surface area contributed by atoms with Crippen molar-refractivity contribution in [3.8, 4) is 0 Å². The van der Waals surface area contributed by atoms with Crippen molar-refractivity contribution >= 4 is 0 Å². The first-order valence-corrected chi connectivity index (χ1v) is 5.58. The van der Waals surface area contributed by atoms with Crippen molar-refractivity contribution in [1.29, 1.82) is 0 Å². The third-order valence-corrected chi connectivity index (χ3v) is 3.74. The molecule has 0 aromatic carbocycles. The third-order valence-electron chi connectivity index (χ3n) is 3.74. The summed E-state index contributed by atoms with van der Waals surface area (Å²) in [4.78, 5) is 0. The molecule has 3 atom stereocenters. The molecule has 0 radical (unpaired) electrons. The Hall–Kier alpha value is -0.0800. The van der Waals surface area contributed by atoms with E-state index in [1.165, 1.54) is 12.8 Å². The fourth-order valence-corrected chi connectivity index (χ4v) is 2.64. The van der Waals surface area contributed by atoms with Crippen LogP contribution in [0.3, 0.4) is 0 Å². The van der Waals surface area contributed by atoms with Crippen molar-refractivity contribution in [3.63, 3.8) is 0 Å². The SMILES string of the molecule is CCC1CCC(O)(C(CC)CN)C1. The molecule has 1 fully saturated rings. The van der Waals surface area contributed by atoms with Gasteiger partial charge in [0.05, 0.1) is 5.60 Å². The predicted molar refractivity (Wildman–Crippen MR) is 55.4 cm³/mol. The topological polar surface area (TPSA) is 46.2 Å². The van der Waals surface area contributed by atoms with E-state index >= 15 is 0 Å². The Kier molecular flexibility index (Phi) is 3.74. The van der Waals surface area contributed by atoms with Gasteiger partial charge < -0.3 is 10.8 Å². The molecule has 78 valence electrons. The molecule has 0 amide bonds. The summed E-state index contributed by atoms with van der Waals surface area (Å²) < 4.78 is 0. The van der Waals surface area contributed by atoms with E-state index in [9.17, 15) is 5.11 Å². The predicted octanol–water partition coefficient (Wildman–Crippen LogP) is 1.91. The van der Waals surface area contributed by atoms with Crippen LogP contribution in [0.5, 0.6) is 0 Å². The Labute approximate surface area is 81.5 Å². The van der Waals surface area contributed by atoms with Gasteiger partial charge in [0.2, 0.25) is 0 Å². The van der Waals surface area contributed by atoms with Crippen LogP contribution in [0.15, 0.2) is 0 Å². The van der Waals surface area contributed by atoms with Gasteiger partial charge in [-0.1, -0.05) is 20.3 Å². The Morgan fingerprint density at radius 1 is 1.54 bits per heavy atom. The first-order valence-electron chi connectivity index (χ1n) is 5.58. The molecule has 1 aliphatic carbocycles. The summed E-state index contributed by atoms with van der Waals surface area (Å²) in [6, 6.07) is 0. The Balaban J connectivity index is 2.56. The van der Waals surface area contributed by atoms with Crippen LogP contribution in [0.1, 0.15) is 46.0 Å². The minimum Gasteiger partial charge on any atom is -0.390 e. The second-order valence-electron chi connectivity index (χ2n) is 4.46. The first-order chi connectivity index (χ1) is 6.16. The number of hydrogen-bond donors (Lipinski definition) is 2. The van der Waals surface area contributed by atoms with E-state index in [0.717, 1.165) is 25.2 Å². The van der Waals surface area contributed by atoms with Crippen molar-refractivity contribution in [2.45, 2.75) is 51.6 Å². The van der Waals surface area contributed by atoms with E-state index in [0.29, 0.717) is 12.5 Å². The van der Waals surface area contributed by atoms with Crippen molar-refractivity contribution < 1.29 is 5.11 Å². The van der Waals surface area contributed by atoms with Crippen molar-refractivity contribution in [2.75, 3.05) is 6.54 Å². The summed E-state index contributed by atoms with van der Waals surface area (Å²) in [6.45, 7) is 4.96. The highest BCUT2D eigenvalue weighted by Crippen LogP contribution is 2.41. The summed E-state index contributed by atoms with van der Waals surface area (Å²) >= 11 is 0. The molecule has 0 aromatic rings. The molecule has 13 heavy (non-hydrogen) atoms. The molecule has 0 bridgehead atoms. The van der Waals surface area contributed by atoms with Gasteiger partial charge in [0.1, 0.15) is 0 Å². The van der Waals surface area contributed by atoms with Gasteiger partial charge in [-0.25, -0.2) is 0 Å². The highest BCUT2D eigenvalue weighted by Gasteiger charge is 2.41. The van der Waals surface area contributed by atoms with Gasteiger partial charge in [-0.05, 0) is 44.1 Å². The van der Waals surface area contributed by atoms with Crippen LogP contribution >= 0.6 is 0 Å². The molecule has 0 aliphatic heterocycles. The average molecular weight is 185 g/mol. The lowest BCUT2D eigenvalue weighted by molar-refractivity contribution is -0.0140. The molecule has 0 heterocycles. The molecule has 1 rings (SSSR count). The smallest absolute Gasteiger partial charge is 0.0690 e. The minimum atomic E-state index is -0.440. The first kappa shape index (κ1) is 11.0. The second kappa shape index (κ2) is 4.43. The average Bonchev–Trinajstić information content (AvgIpc) is 2.50. The molecule has 3 unspecified atom stereocenters. The van der Waals surface area contributed by atoms with Crippen molar-refractivity contribution in [1.82, 2.24) is 0 Å². The fourth-order valence-electron chi connectivity index (χ4n) is 2.64. The Morgan fingerprint density at radius 2 is 2.23 bits per heavy atom.